The monoisotopic (exact) mass is 596 g/mol. The minimum Gasteiger partial charge on any atom is -0.493 e. The SMILES string of the molecule is COc1cc(C/C(C#CCBr)=C(\CBr)Cc2cc(OC)c(OC)c(OC)c2)cc(OC)c1OC. The molecule has 0 amide bonds. The summed E-state index contributed by atoms with van der Waals surface area (Å²) in [5.41, 5.74) is 4.15. The molecule has 0 atom stereocenters. The van der Waals surface area contributed by atoms with E-state index in [2.05, 4.69) is 43.7 Å². The second-order valence-electron chi connectivity index (χ2n) is 7.07. The lowest BCUT2D eigenvalue weighted by Gasteiger charge is -2.17. The minimum atomic E-state index is 0.559. The van der Waals surface area contributed by atoms with Crippen LogP contribution in [0.25, 0.3) is 0 Å². The second kappa shape index (κ2) is 14.0. The van der Waals surface area contributed by atoms with Crippen molar-refractivity contribution in [1.82, 2.24) is 0 Å². The number of ether oxygens (including phenoxy) is 6. The van der Waals surface area contributed by atoms with E-state index in [1.54, 1.807) is 42.7 Å². The molecule has 0 unspecified atom stereocenters. The van der Waals surface area contributed by atoms with Gasteiger partial charge in [0.05, 0.1) is 48.0 Å². The van der Waals surface area contributed by atoms with Gasteiger partial charge in [-0.1, -0.05) is 43.7 Å². The van der Waals surface area contributed by atoms with Crippen molar-refractivity contribution in [2.75, 3.05) is 53.3 Å². The number of halogens is 2. The van der Waals surface area contributed by atoms with Gasteiger partial charge in [0.2, 0.25) is 11.5 Å². The number of alkyl halides is 2. The normalized spacial score (nSPS) is 11.1. The fourth-order valence-corrected chi connectivity index (χ4v) is 4.23. The lowest BCUT2D eigenvalue weighted by atomic mass is 9.95. The number of allylic oxidation sites excluding steroid dienone is 2. The van der Waals surface area contributed by atoms with E-state index in [9.17, 15) is 0 Å². The van der Waals surface area contributed by atoms with Crippen molar-refractivity contribution in [3.05, 3.63) is 46.5 Å². The number of hydrogen-bond acceptors (Lipinski definition) is 6. The molecular weight excluding hydrogens is 568 g/mol. The van der Waals surface area contributed by atoms with Gasteiger partial charge < -0.3 is 28.4 Å². The van der Waals surface area contributed by atoms with E-state index in [1.807, 2.05) is 24.3 Å². The van der Waals surface area contributed by atoms with Crippen molar-refractivity contribution in [3.63, 3.8) is 0 Å². The maximum absolute atomic E-state index is 5.52. The van der Waals surface area contributed by atoms with E-state index in [4.69, 9.17) is 28.4 Å². The van der Waals surface area contributed by atoms with E-state index >= 15 is 0 Å². The summed E-state index contributed by atoms with van der Waals surface area (Å²) in [5, 5.41) is 1.23. The van der Waals surface area contributed by atoms with Crippen molar-refractivity contribution in [1.29, 1.82) is 0 Å². The molecule has 0 bridgehead atoms. The molecule has 0 saturated carbocycles. The first kappa shape index (κ1) is 27.7. The third-order valence-corrected chi connectivity index (χ3v) is 6.10. The predicted octanol–water partition coefficient (Wildman–Crippen LogP) is 5.61. The molecule has 0 fully saturated rings. The number of benzene rings is 2. The van der Waals surface area contributed by atoms with Crippen LogP contribution in [0.1, 0.15) is 11.1 Å². The van der Waals surface area contributed by atoms with E-state index in [0.717, 1.165) is 22.3 Å². The van der Waals surface area contributed by atoms with Crippen LogP contribution in [0.3, 0.4) is 0 Å². The first-order valence-electron chi connectivity index (χ1n) is 10.4. The van der Waals surface area contributed by atoms with Crippen molar-refractivity contribution in [3.8, 4) is 46.3 Å². The largest absolute Gasteiger partial charge is 0.493 e. The molecule has 6 nitrogen and oxygen atoms in total. The average molecular weight is 598 g/mol. The molecule has 0 aliphatic rings. The third kappa shape index (κ3) is 6.77. The molecular formula is C26H30Br2O6. The molecule has 2 aromatic rings. The highest BCUT2D eigenvalue weighted by Crippen LogP contribution is 2.40. The molecule has 2 aromatic carbocycles. The van der Waals surface area contributed by atoms with Crippen LogP contribution in [0.2, 0.25) is 0 Å². The summed E-state index contributed by atoms with van der Waals surface area (Å²) in [7, 11) is 9.62. The molecule has 34 heavy (non-hydrogen) atoms. The van der Waals surface area contributed by atoms with Gasteiger partial charge in [0.25, 0.3) is 0 Å². The van der Waals surface area contributed by atoms with Gasteiger partial charge >= 0.3 is 0 Å². The smallest absolute Gasteiger partial charge is 0.203 e. The molecule has 0 spiro atoms. The fraction of sp³-hybridized carbons (Fsp3) is 0.385. The Labute approximate surface area is 218 Å². The Morgan fingerprint density at radius 3 is 1.38 bits per heavy atom. The van der Waals surface area contributed by atoms with Gasteiger partial charge in [-0.2, -0.15) is 0 Å². The van der Waals surface area contributed by atoms with Gasteiger partial charge in [0, 0.05) is 17.3 Å². The third-order valence-electron chi connectivity index (χ3n) is 5.14. The first-order valence-corrected chi connectivity index (χ1v) is 12.6. The Bertz CT molecular complexity index is 1020. The van der Waals surface area contributed by atoms with Crippen molar-refractivity contribution in [2.24, 2.45) is 0 Å². The van der Waals surface area contributed by atoms with Crippen LogP contribution in [0.15, 0.2) is 35.4 Å². The minimum absolute atomic E-state index is 0.559. The highest BCUT2D eigenvalue weighted by molar-refractivity contribution is 9.09. The van der Waals surface area contributed by atoms with Gasteiger partial charge in [-0.25, -0.2) is 0 Å². The summed E-state index contributed by atoms with van der Waals surface area (Å²) in [4.78, 5) is 0. The maximum atomic E-state index is 5.52. The van der Waals surface area contributed by atoms with Gasteiger partial charge in [0.15, 0.2) is 23.0 Å². The van der Waals surface area contributed by atoms with E-state index in [0.29, 0.717) is 58.0 Å². The number of methoxy groups -OCH3 is 6. The zero-order chi connectivity index (χ0) is 25.1. The lowest BCUT2D eigenvalue weighted by molar-refractivity contribution is 0.324. The number of hydrogen-bond donors (Lipinski definition) is 0. The van der Waals surface area contributed by atoms with Crippen LogP contribution in [0.4, 0.5) is 0 Å². The molecule has 0 radical (unpaired) electrons. The molecule has 2 rings (SSSR count). The Morgan fingerprint density at radius 1 is 0.647 bits per heavy atom. The zero-order valence-electron chi connectivity index (χ0n) is 20.3. The summed E-state index contributed by atoms with van der Waals surface area (Å²) in [6.07, 6.45) is 1.25. The topological polar surface area (TPSA) is 55.4 Å². The molecule has 0 aliphatic heterocycles. The van der Waals surface area contributed by atoms with Crippen LogP contribution in [-0.4, -0.2) is 53.3 Å². The molecule has 0 aliphatic carbocycles. The quantitative estimate of drug-likeness (QED) is 0.248. The molecule has 0 saturated heterocycles. The second-order valence-corrected chi connectivity index (χ2v) is 8.19. The van der Waals surface area contributed by atoms with Gasteiger partial charge in [0.1, 0.15) is 0 Å². The Kier molecular flexibility index (Phi) is 11.4. The Morgan fingerprint density at radius 2 is 1.06 bits per heavy atom. The summed E-state index contributed by atoms with van der Waals surface area (Å²) < 4.78 is 33.0. The highest BCUT2D eigenvalue weighted by Gasteiger charge is 2.17. The van der Waals surface area contributed by atoms with Crippen LogP contribution >= 0.6 is 31.9 Å². The summed E-state index contributed by atoms with van der Waals surface area (Å²) in [5.74, 6) is 10.0. The zero-order valence-corrected chi connectivity index (χ0v) is 23.5. The molecule has 0 heterocycles. The highest BCUT2D eigenvalue weighted by atomic mass is 79.9. The number of rotatable bonds is 11. The fourth-order valence-electron chi connectivity index (χ4n) is 3.56. The summed E-state index contributed by atoms with van der Waals surface area (Å²) in [6.45, 7) is 0. The van der Waals surface area contributed by atoms with Gasteiger partial charge in [-0.05, 0) is 47.4 Å². The summed E-state index contributed by atoms with van der Waals surface area (Å²) in [6, 6.07) is 7.81. The lowest BCUT2D eigenvalue weighted by Crippen LogP contribution is -2.03. The van der Waals surface area contributed by atoms with Crippen LogP contribution in [0, 0.1) is 11.8 Å². The maximum Gasteiger partial charge on any atom is 0.203 e. The molecule has 0 aromatic heterocycles. The van der Waals surface area contributed by atoms with Crippen LogP contribution in [0.5, 0.6) is 34.5 Å². The van der Waals surface area contributed by atoms with Crippen LogP contribution in [-0.2, 0) is 12.8 Å². The molecule has 184 valence electrons. The van der Waals surface area contributed by atoms with Crippen molar-refractivity contribution in [2.45, 2.75) is 12.8 Å². The van der Waals surface area contributed by atoms with E-state index in [-0.39, 0.29) is 0 Å². The van der Waals surface area contributed by atoms with Gasteiger partial charge in [-0.3, -0.25) is 0 Å². The first-order chi connectivity index (χ1) is 16.5. The predicted molar refractivity (Wildman–Crippen MR) is 142 cm³/mol. The van der Waals surface area contributed by atoms with Crippen molar-refractivity contribution >= 4 is 31.9 Å². The summed E-state index contributed by atoms with van der Waals surface area (Å²) >= 11 is 7.07. The van der Waals surface area contributed by atoms with E-state index < -0.39 is 0 Å². The molecule has 0 N–H and O–H groups in total. The van der Waals surface area contributed by atoms with E-state index in [1.165, 1.54) is 0 Å². The standard InChI is InChI=1S/C26H30Br2O6/c1-29-21-12-17(13-22(30-2)25(21)33-5)10-19(8-7-9-27)20(16-28)11-18-14-23(31-3)26(34-6)24(15-18)32-4/h12-15H,9-11,16H2,1-6H3/b20-19-. The van der Waals surface area contributed by atoms with Crippen molar-refractivity contribution < 1.29 is 28.4 Å². The Balaban J connectivity index is 2.56. The molecule has 8 heteroatoms. The average Bonchev–Trinajstić information content (AvgIpc) is 2.88. The Hall–Kier alpha value is -2.50. The van der Waals surface area contributed by atoms with Crippen LogP contribution < -0.4 is 28.4 Å². The van der Waals surface area contributed by atoms with Gasteiger partial charge in [-0.15, -0.1) is 0 Å².